The highest BCUT2D eigenvalue weighted by molar-refractivity contribution is 5.88. The highest BCUT2D eigenvalue weighted by atomic mass is 16.5. The Labute approximate surface area is 193 Å². The van der Waals surface area contributed by atoms with Crippen LogP contribution in [0.15, 0.2) is 48.5 Å². The van der Waals surface area contributed by atoms with Crippen molar-refractivity contribution in [3.63, 3.8) is 0 Å². The molecule has 0 aliphatic rings. The second-order valence-electron chi connectivity index (χ2n) is 9.33. The van der Waals surface area contributed by atoms with Crippen LogP contribution in [0.5, 0.6) is 5.75 Å². The molecule has 1 atom stereocenters. The summed E-state index contributed by atoms with van der Waals surface area (Å²) in [4.78, 5) is 27.5. The maximum atomic E-state index is 13.2. The number of hydrogen-bond donors (Lipinski definition) is 1. The molecule has 2 rings (SSSR count). The van der Waals surface area contributed by atoms with Gasteiger partial charge in [-0.05, 0) is 54.5 Å². The number of nitrogens with zero attached hydrogens (tertiary/aromatic N) is 1. The number of aryl methyl sites for hydroxylation is 1. The van der Waals surface area contributed by atoms with E-state index < -0.39 is 6.04 Å². The van der Waals surface area contributed by atoms with Crippen LogP contribution in [0.2, 0.25) is 0 Å². The molecule has 0 fully saturated rings. The topological polar surface area (TPSA) is 58.6 Å². The fraction of sp³-hybridized carbons (Fsp3) is 0.481. The van der Waals surface area contributed by atoms with Gasteiger partial charge in [0.1, 0.15) is 11.8 Å². The van der Waals surface area contributed by atoms with E-state index in [1.165, 1.54) is 5.56 Å². The SMILES string of the molecule is CCCCNC(=O)C(C)N(Cc1ccccc1C)C(=O)COc1ccc(C(C)(C)C)cc1. The number of ether oxygens (including phenoxy) is 1. The molecule has 0 saturated carbocycles. The molecule has 2 aromatic rings. The van der Waals surface area contributed by atoms with Gasteiger partial charge in [-0.3, -0.25) is 9.59 Å². The zero-order chi connectivity index (χ0) is 23.7. The number of carbonyl (C=O) groups excluding carboxylic acids is 2. The van der Waals surface area contributed by atoms with Crippen LogP contribution in [-0.4, -0.2) is 35.9 Å². The van der Waals surface area contributed by atoms with Gasteiger partial charge < -0.3 is 15.0 Å². The van der Waals surface area contributed by atoms with Crippen molar-refractivity contribution in [1.82, 2.24) is 10.2 Å². The molecular weight excluding hydrogens is 400 g/mol. The maximum absolute atomic E-state index is 13.2. The summed E-state index contributed by atoms with van der Waals surface area (Å²) >= 11 is 0. The third-order valence-electron chi connectivity index (χ3n) is 5.68. The molecule has 1 unspecified atom stereocenters. The Balaban J connectivity index is 2.12. The minimum absolute atomic E-state index is 0.0548. The van der Waals surface area contributed by atoms with E-state index in [1.54, 1.807) is 11.8 Å². The van der Waals surface area contributed by atoms with Crippen LogP contribution >= 0.6 is 0 Å². The summed E-state index contributed by atoms with van der Waals surface area (Å²) in [6.45, 7) is 13.2. The van der Waals surface area contributed by atoms with Crippen molar-refractivity contribution in [3.05, 3.63) is 65.2 Å². The first-order valence-corrected chi connectivity index (χ1v) is 11.5. The van der Waals surface area contributed by atoms with Crippen LogP contribution in [-0.2, 0) is 21.5 Å². The third-order valence-corrected chi connectivity index (χ3v) is 5.68. The van der Waals surface area contributed by atoms with Crippen LogP contribution in [0.4, 0.5) is 0 Å². The molecule has 174 valence electrons. The second kappa shape index (κ2) is 11.7. The first-order chi connectivity index (χ1) is 15.1. The summed E-state index contributed by atoms with van der Waals surface area (Å²) in [6.07, 6.45) is 1.92. The summed E-state index contributed by atoms with van der Waals surface area (Å²) < 4.78 is 5.79. The fourth-order valence-electron chi connectivity index (χ4n) is 3.37. The van der Waals surface area contributed by atoms with Gasteiger partial charge in [-0.2, -0.15) is 0 Å². The predicted octanol–water partition coefficient (Wildman–Crippen LogP) is 5.00. The van der Waals surface area contributed by atoms with E-state index in [9.17, 15) is 9.59 Å². The molecule has 1 N–H and O–H groups in total. The quantitative estimate of drug-likeness (QED) is 0.531. The second-order valence-corrected chi connectivity index (χ2v) is 9.33. The van der Waals surface area contributed by atoms with Gasteiger partial charge in [0, 0.05) is 13.1 Å². The molecule has 2 amide bonds. The van der Waals surface area contributed by atoms with Crippen LogP contribution in [0.25, 0.3) is 0 Å². The monoisotopic (exact) mass is 438 g/mol. The largest absolute Gasteiger partial charge is 0.484 e. The summed E-state index contributed by atoms with van der Waals surface area (Å²) in [5.74, 6) is 0.281. The van der Waals surface area contributed by atoms with Crippen molar-refractivity contribution in [2.45, 2.75) is 72.4 Å². The molecule has 0 aromatic heterocycles. The molecule has 0 bridgehead atoms. The Morgan fingerprint density at radius 3 is 2.31 bits per heavy atom. The lowest BCUT2D eigenvalue weighted by molar-refractivity contribution is -0.142. The molecule has 32 heavy (non-hydrogen) atoms. The van der Waals surface area contributed by atoms with Gasteiger partial charge in [-0.15, -0.1) is 0 Å². The molecular formula is C27H38N2O3. The molecule has 5 heteroatoms. The molecule has 2 aromatic carbocycles. The molecule has 0 spiro atoms. The van der Waals surface area contributed by atoms with E-state index in [-0.39, 0.29) is 23.8 Å². The van der Waals surface area contributed by atoms with Crippen LogP contribution in [0.3, 0.4) is 0 Å². The Morgan fingerprint density at radius 1 is 1.06 bits per heavy atom. The van der Waals surface area contributed by atoms with Gasteiger partial charge in [0.05, 0.1) is 0 Å². The van der Waals surface area contributed by atoms with Gasteiger partial charge in [-0.25, -0.2) is 0 Å². The minimum atomic E-state index is -0.592. The predicted molar refractivity (Wildman–Crippen MR) is 130 cm³/mol. The zero-order valence-corrected chi connectivity index (χ0v) is 20.4. The normalized spacial score (nSPS) is 12.2. The van der Waals surface area contributed by atoms with Crippen molar-refractivity contribution in [1.29, 1.82) is 0 Å². The highest BCUT2D eigenvalue weighted by Gasteiger charge is 2.26. The summed E-state index contributed by atoms with van der Waals surface area (Å²) in [7, 11) is 0. The van der Waals surface area contributed by atoms with Gasteiger partial charge in [-0.1, -0.05) is 70.5 Å². The number of carbonyl (C=O) groups is 2. The molecule has 5 nitrogen and oxygen atoms in total. The van der Waals surface area contributed by atoms with E-state index in [0.29, 0.717) is 18.8 Å². The minimum Gasteiger partial charge on any atom is -0.484 e. The molecule has 0 heterocycles. The lowest BCUT2D eigenvalue weighted by atomic mass is 9.87. The number of hydrogen-bond acceptors (Lipinski definition) is 3. The van der Waals surface area contributed by atoms with E-state index in [2.05, 4.69) is 33.0 Å². The van der Waals surface area contributed by atoms with Crippen molar-refractivity contribution in [2.75, 3.05) is 13.2 Å². The maximum Gasteiger partial charge on any atom is 0.261 e. The number of nitrogens with one attached hydrogen (secondary N) is 1. The van der Waals surface area contributed by atoms with Crippen LogP contribution in [0, 0.1) is 6.92 Å². The lowest BCUT2D eigenvalue weighted by Crippen LogP contribution is -2.49. The molecule has 0 aliphatic heterocycles. The van der Waals surface area contributed by atoms with E-state index in [4.69, 9.17) is 4.74 Å². The summed E-state index contributed by atoms with van der Waals surface area (Å²) in [5.41, 5.74) is 3.36. The fourth-order valence-corrected chi connectivity index (χ4v) is 3.37. The van der Waals surface area contributed by atoms with E-state index >= 15 is 0 Å². The van der Waals surface area contributed by atoms with Gasteiger partial charge in [0.2, 0.25) is 5.91 Å². The average molecular weight is 439 g/mol. The van der Waals surface area contributed by atoms with Crippen molar-refractivity contribution < 1.29 is 14.3 Å². The van der Waals surface area contributed by atoms with Crippen LogP contribution in [0.1, 0.15) is 64.2 Å². The van der Waals surface area contributed by atoms with Gasteiger partial charge in [0.25, 0.3) is 5.91 Å². The smallest absolute Gasteiger partial charge is 0.261 e. The van der Waals surface area contributed by atoms with Crippen LogP contribution < -0.4 is 10.1 Å². The Hall–Kier alpha value is -2.82. The first-order valence-electron chi connectivity index (χ1n) is 11.5. The third kappa shape index (κ3) is 7.40. The lowest BCUT2D eigenvalue weighted by Gasteiger charge is -2.29. The van der Waals surface area contributed by atoms with Crippen molar-refractivity contribution in [3.8, 4) is 5.75 Å². The van der Waals surface area contributed by atoms with E-state index in [1.807, 2.05) is 55.5 Å². The summed E-state index contributed by atoms with van der Waals surface area (Å²) in [6, 6.07) is 15.1. The van der Waals surface area contributed by atoms with Gasteiger partial charge >= 0.3 is 0 Å². The number of amides is 2. The van der Waals surface area contributed by atoms with Gasteiger partial charge in [0.15, 0.2) is 6.61 Å². The number of rotatable bonds is 10. The average Bonchev–Trinajstić information content (AvgIpc) is 2.76. The first kappa shape index (κ1) is 25.4. The molecule has 0 aliphatic carbocycles. The van der Waals surface area contributed by atoms with E-state index in [0.717, 1.165) is 24.0 Å². The Morgan fingerprint density at radius 2 is 1.72 bits per heavy atom. The molecule has 0 saturated heterocycles. The molecule has 0 radical (unpaired) electrons. The summed E-state index contributed by atoms with van der Waals surface area (Å²) in [5, 5.41) is 2.94. The standard InChI is InChI=1S/C27H38N2O3/c1-7-8-17-28-26(31)21(3)29(18-22-12-10-9-11-20(22)2)25(30)19-32-24-15-13-23(14-16-24)27(4,5)6/h9-16,21H,7-8,17-19H2,1-6H3,(H,28,31). The number of benzene rings is 2. The van der Waals surface area contributed by atoms with Crippen molar-refractivity contribution >= 4 is 11.8 Å². The number of unbranched alkanes of at least 4 members (excludes halogenated alkanes) is 1. The van der Waals surface area contributed by atoms with Crippen molar-refractivity contribution in [2.24, 2.45) is 0 Å². The Bertz CT molecular complexity index is 885. The highest BCUT2D eigenvalue weighted by Crippen LogP contribution is 2.24. The zero-order valence-electron chi connectivity index (χ0n) is 20.4. The Kier molecular flexibility index (Phi) is 9.30.